The summed E-state index contributed by atoms with van der Waals surface area (Å²) in [5, 5.41) is 0. The van der Waals surface area contributed by atoms with Crippen LogP contribution < -0.4 is 0 Å². The summed E-state index contributed by atoms with van der Waals surface area (Å²) in [5.74, 6) is 0.825. The molecule has 2 atom stereocenters. The predicted molar refractivity (Wildman–Crippen MR) is 55.0 cm³/mol. The summed E-state index contributed by atoms with van der Waals surface area (Å²) in [7, 11) is 0. The zero-order valence-electron chi connectivity index (χ0n) is 9.06. The van der Waals surface area contributed by atoms with Crippen LogP contribution in [0.25, 0.3) is 0 Å². The van der Waals surface area contributed by atoms with E-state index in [2.05, 4.69) is 34.6 Å². The molecule has 2 nitrogen and oxygen atoms in total. The van der Waals surface area contributed by atoms with Crippen LogP contribution in [-0.4, -0.2) is 12.0 Å². The fourth-order valence-electron chi connectivity index (χ4n) is 1.19. The van der Waals surface area contributed by atoms with Crippen LogP contribution in [0.15, 0.2) is 0 Å². The number of carbonyl (C=O) groups is 1. The Hall–Kier alpha value is -0.240. The second kappa shape index (κ2) is 4.85. The number of rotatable bonds is 3. The molecule has 0 saturated heterocycles. The highest BCUT2D eigenvalue weighted by Crippen LogP contribution is 2.31. The van der Waals surface area contributed by atoms with Crippen LogP contribution in [0.2, 0.25) is 0 Å². The van der Waals surface area contributed by atoms with Crippen molar-refractivity contribution < 1.29 is 9.53 Å². The first kappa shape index (κ1) is 12.8. The zero-order chi connectivity index (χ0) is 10.6. The molecule has 0 bridgehead atoms. The molecular weight excluding hydrogens is 188 g/mol. The van der Waals surface area contributed by atoms with E-state index in [1.165, 1.54) is 0 Å². The minimum Gasteiger partial charge on any atom is -0.453 e. The lowest BCUT2D eigenvalue weighted by atomic mass is 9.75. The SMILES string of the molecule is CC(COC(=O)Cl)C(C)C(C)(C)C. The van der Waals surface area contributed by atoms with E-state index in [1.807, 2.05) is 0 Å². The molecule has 78 valence electrons. The standard InChI is InChI=1S/C10H19ClO2/c1-7(6-13-9(11)12)8(2)10(3,4)5/h7-8H,6H2,1-5H3. The van der Waals surface area contributed by atoms with Crippen molar-refractivity contribution in [3.05, 3.63) is 0 Å². The summed E-state index contributed by atoms with van der Waals surface area (Å²) in [4.78, 5) is 10.4. The highest BCUT2D eigenvalue weighted by molar-refractivity contribution is 6.61. The van der Waals surface area contributed by atoms with Gasteiger partial charge in [0.15, 0.2) is 0 Å². The second-order valence-electron chi connectivity index (χ2n) is 4.68. The monoisotopic (exact) mass is 206 g/mol. The van der Waals surface area contributed by atoms with Gasteiger partial charge in [-0.1, -0.05) is 34.6 Å². The van der Waals surface area contributed by atoms with Crippen molar-refractivity contribution in [2.75, 3.05) is 6.61 Å². The smallest absolute Gasteiger partial charge is 0.403 e. The van der Waals surface area contributed by atoms with Gasteiger partial charge in [0.1, 0.15) is 0 Å². The first-order valence-electron chi connectivity index (χ1n) is 4.57. The molecule has 0 rings (SSSR count). The van der Waals surface area contributed by atoms with Crippen molar-refractivity contribution in [1.82, 2.24) is 0 Å². The summed E-state index contributed by atoms with van der Waals surface area (Å²) >= 11 is 5.08. The van der Waals surface area contributed by atoms with Crippen LogP contribution in [0.1, 0.15) is 34.6 Å². The molecule has 2 unspecified atom stereocenters. The Bertz CT molecular complexity index is 172. The van der Waals surface area contributed by atoms with Gasteiger partial charge in [0.05, 0.1) is 6.61 Å². The topological polar surface area (TPSA) is 26.3 Å². The van der Waals surface area contributed by atoms with Gasteiger partial charge in [-0.2, -0.15) is 0 Å². The highest BCUT2D eigenvalue weighted by atomic mass is 35.5. The molecule has 0 amide bonds. The molecular formula is C10H19ClO2. The maximum Gasteiger partial charge on any atom is 0.403 e. The molecule has 0 aliphatic heterocycles. The summed E-state index contributed by atoms with van der Waals surface area (Å²) < 4.78 is 4.75. The molecule has 3 heteroatoms. The quantitative estimate of drug-likeness (QED) is 0.659. The van der Waals surface area contributed by atoms with Gasteiger partial charge in [-0.3, -0.25) is 0 Å². The molecule has 0 heterocycles. The maximum atomic E-state index is 10.4. The average Bonchev–Trinajstić information content (AvgIpc) is 1.96. The minimum atomic E-state index is -0.715. The van der Waals surface area contributed by atoms with Gasteiger partial charge in [-0.25, -0.2) is 4.79 Å². The first-order valence-corrected chi connectivity index (χ1v) is 4.95. The molecule has 0 aromatic heterocycles. The van der Waals surface area contributed by atoms with Crippen LogP contribution in [0.4, 0.5) is 4.79 Å². The number of hydrogen-bond acceptors (Lipinski definition) is 2. The molecule has 0 fully saturated rings. The zero-order valence-corrected chi connectivity index (χ0v) is 9.81. The fourth-order valence-corrected chi connectivity index (χ4v) is 1.26. The molecule has 0 aliphatic carbocycles. The minimum absolute atomic E-state index is 0.234. The van der Waals surface area contributed by atoms with Gasteiger partial charge in [-0.05, 0) is 17.3 Å². The third kappa shape index (κ3) is 5.14. The lowest BCUT2D eigenvalue weighted by Gasteiger charge is -2.31. The number of halogens is 1. The highest BCUT2D eigenvalue weighted by Gasteiger charge is 2.25. The Labute approximate surface area is 85.6 Å². The van der Waals surface area contributed by atoms with E-state index in [4.69, 9.17) is 16.3 Å². The van der Waals surface area contributed by atoms with E-state index in [9.17, 15) is 4.79 Å². The molecule has 13 heavy (non-hydrogen) atoms. The maximum absolute atomic E-state index is 10.4. The third-order valence-corrected chi connectivity index (χ3v) is 2.79. The summed E-state index contributed by atoms with van der Waals surface area (Å²) in [6.45, 7) is 11.2. The Balaban J connectivity index is 3.97. The Morgan fingerprint density at radius 2 is 1.85 bits per heavy atom. The van der Waals surface area contributed by atoms with Crippen molar-refractivity contribution in [1.29, 1.82) is 0 Å². The van der Waals surface area contributed by atoms with Gasteiger partial charge >= 0.3 is 5.43 Å². The first-order chi connectivity index (χ1) is 5.75. The number of hydrogen-bond donors (Lipinski definition) is 0. The Morgan fingerprint density at radius 3 is 2.15 bits per heavy atom. The summed E-state index contributed by atoms with van der Waals surface area (Å²) in [6, 6.07) is 0. The van der Waals surface area contributed by atoms with Gasteiger partial charge in [0, 0.05) is 11.6 Å². The van der Waals surface area contributed by atoms with E-state index in [-0.39, 0.29) is 5.41 Å². The second-order valence-corrected chi connectivity index (χ2v) is 4.99. The van der Waals surface area contributed by atoms with Crippen molar-refractivity contribution in [2.24, 2.45) is 17.3 Å². The van der Waals surface area contributed by atoms with Crippen LogP contribution in [0, 0.1) is 17.3 Å². The van der Waals surface area contributed by atoms with Crippen molar-refractivity contribution >= 4 is 17.0 Å². The van der Waals surface area contributed by atoms with Crippen LogP contribution in [-0.2, 0) is 4.74 Å². The Morgan fingerprint density at radius 1 is 1.38 bits per heavy atom. The van der Waals surface area contributed by atoms with E-state index in [1.54, 1.807) is 0 Å². The Kier molecular flexibility index (Phi) is 4.76. The van der Waals surface area contributed by atoms with Crippen molar-refractivity contribution in [3.63, 3.8) is 0 Å². The van der Waals surface area contributed by atoms with Gasteiger partial charge < -0.3 is 4.74 Å². The largest absolute Gasteiger partial charge is 0.453 e. The van der Waals surface area contributed by atoms with E-state index in [0.29, 0.717) is 18.4 Å². The predicted octanol–water partition coefficient (Wildman–Crippen LogP) is 3.68. The van der Waals surface area contributed by atoms with E-state index in [0.717, 1.165) is 0 Å². The van der Waals surface area contributed by atoms with Crippen molar-refractivity contribution in [3.8, 4) is 0 Å². The fraction of sp³-hybridized carbons (Fsp3) is 0.900. The van der Waals surface area contributed by atoms with E-state index >= 15 is 0 Å². The molecule has 0 aliphatic rings. The lowest BCUT2D eigenvalue weighted by molar-refractivity contribution is 0.103. The number of ether oxygens (including phenoxy) is 1. The third-order valence-electron chi connectivity index (χ3n) is 2.68. The van der Waals surface area contributed by atoms with E-state index < -0.39 is 5.43 Å². The summed E-state index contributed by atoms with van der Waals surface area (Å²) in [5.41, 5.74) is -0.481. The van der Waals surface area contributed by atoms with Crippen LogP contribution in [0.5, 0.6) is 0 Å². The summed E-state index contributed by atoms with van der Waals surface area (Å²) in [6.07, 6.45) is 0. The lowest BCUT2D eigenvalue weighted by Crippen LogP contribution is -2.27. The van der Waals surface area contributed by atoms with Gasteiger partial charge in [-0.15, -0.1) is 0 Å². The number of carbonyl (C=O) groups excluding carboxylic acids is 1. The normalized spacial score (nSPS) is 16.5. The van der Waals surface area contributed by atoms with Gasteiger partial charge in [0.2, 0.25) is 0 Å². The van der Waals surface area contributed by atoms with Gasteiger partial charge in [0.25, 0.3) is 0 Å². The molecule has 0 N–H and O–H groups in total. The molecule has 0 radical (unpaired) electrons. The molecule has 0 aromatic carbocycles. The van der Waals surface area contributed by atoms with Crippen LogP contribution in [0.3, 0.4) is 0 Å². The molecule has 0 spiro atoms. The van der Waals surface area contributed by atoms with Crippen LogP contribution >= 0.6 is 11.6 Å². The molecule has 0 aromatic rings. The van der Waals surface area contributed by atoms with Crippen molar-refractivity contribution in [2.45, 2.75) is 34.6 Å². The molecule has 0 saturated carbocycles. The average molecular weight is 207 g/mol.